The smallest absolute Gasteiger partial charge is 0.186 e. The second kappa shape index (κ2) is 5.96. The number of rotatable bonds is 5. The first-order valence-electron chi connectivity index (χ1n) is 7.53. The molecule has 0 aromatic heterocycles. The first kappa shape index (κ1) is 15.0. The highest BCUT2D eigenvalue weighted by atomic mass is 16.5. The predicted molar refractivity (Wildman–Crippen MR) is 81.6 cm³/mol. The van der Waals surface area contributed by atoms with Gasteiger partial charge in [-0.25, -0.2) is 0 Å². The van der Waals surface area contributed by atoms with E-state index >= 15 is 0 Å². The zero-order valence-corrected chi connectivity index (χ0v) is 13.0. The number of nitrogens with zero attached hydrogens (tertiary/aromatic N) is 1. The minimum atomic E-state index is -0.435. The van der Waals surface area contributed by atoms with Crippen molar-refractivity contribution in [3.8, 4) is 5.75 Å². The summed E-state index contributed by atoms with van der Waals surface area (Å²) in [6, 6.07) is 5.96. The van der Waals surface area contributed by atoms with Crippen molar-refractivity contribution < 1.29 is 9.53 Å². The SMILES string of the molecule is CCC(CC)(C(=O)c1cccc2c1OCCC2)N(C)C. The second-order valence-electron chi connectivity index (χ2n) is 5.71. The van der Waals surface area contributed by atoms with Crippen molar-refractivity contribution in [2.75, 3.05) is 20.7 Å². The number of hydrogen-bond donors (Lipinski definition) is 0. The predicted octanol–water partition coefficient (Wildman–Crippen LogP) is 3.31. The fourth-order valence-corrected chi connectivity index (χ4v) is 3.23. The van der Waals surface area contributed by atoms with Crippen LogP contribution in [0, 0.1) is 0 Å². The number of hydrogen-bond acceptors (Lipinski definition) is 3. The zero-order chi connectivity index (χ0) is 14.8. The maximum absolute atomic E-state index is 13.1. The molecule has 1 aromatic rings. The van der Waals surface area contributed by atoms with Crippen LogP contribution in [0.25, 0.3) is 0 Å². The summed E-state index contributed by atoms with van der Waals surface area (Å²) in [4.78, 5) is 15.2. The first-order chi connectivity index (χ1) is 9.56. The van der Waals surface area contributed by atoms with Crippen molar-refractivity contribution in [2.24, 2.45) is 0 Å². The van der Waals surface area contributed by atoms with Crippen molar-refractivity contribution in [3.63, 3.8) is 0 Å². The van der Waals surface area contributed by atoms with Crippen LogP contribution >= 0.6 is 0 Å². The van der Waals surface area contributed by atoms with Crippen molar-refractivity contribution >= 4 is 5.78 Å². The lowest BCUT2D eigenvalue weighted by molar-refractivity contribution is 0.0651. The highest BCUT2D eigenvalue weighted by Gasteiger charge is 2.39. The number of fused-ring (bicyclic) bond motifs is 1. The van der Waals surface area contributed by atoms with Gasteiger partial charge in [0.05, 0.1) is 17.7 Å². The maximum Gasteiger partial charge on any atom is 0.186 e. The van der Waals surface area contributed by atoms with Crippen LogP contribution in [0.15, 0.2) is 18.2 Å². The number of ether oxygens (including phenoxy) is 1. The number of aryl methyl sites for hydroxylation is 1. The van der Waals surface area contributed by atoms with Crippen LogP contribution in [0.5, 0.6) is 5.75 Å². The molecule has 1 aliphatic heterocycles. The van der Waals surface area contributed by atoms with Crippen LogP contribution in [0.1, 0.15) is 49.0 Å². The lowest BCUT2D eigenvalue weighted by Crippen LogP contribution is -2.50. The molecule has 0 N–H and O–H groups in total. The summed E-state index contributed by atoms with van der Waals surface area (Å²) in [7, 11) is 3.97. The van der Waals surface area contributed by atoms with Crippen LogP contribution < -0.4 is 4.74 Å². The molecule has 0 fully saturated rings. The number of carbonyl (C=O) groups is 1. The van der Waals surface area contributed by atoms with Crippen LogP contribution in [0.2, 0.25) is 0 Å². The van der Waals surface area contributed by atoms with E-state index < -0.39 is 5.54 Å². The first-order valence-corrected chi connectivity index (χ1v) is 7.53. The molecule has 0 saturated carbocycles. The number of likely N-dealkylation sites (N-methyl/N-ethyl adjacent to an activating group) is 1. The Hall–Kier alpha value is -1.35. The lowest BCUT2D eigenvalue weighted by Gasteiger charge is -2.37. The molecule has 0 spiro atoms. The Kier molecular flexibility index (Phi) is 4.48. The standard InChI is InChI=1S/C17H25NO2/c1-5-17(6-2,18(3)4)16(19)14-11-7-9-13-10-8-12-20-15(13)14/h7,9,11H,5-6,8,10,12H2,1-4H3. The number of benzene rings is 1. The van der Waals surface area contributed by atoms with Gasteiger partial charge in [-0.05, 0) is 51.4 Å². The Morgan fingerprint density at radius 2 is 2.00 bits per heavy atom. The van der Waals surface area contributed by atoms with Gasteiger partial charge >= 0.3 is 0 Å². The van der Waals surface area contributed by atoms with Gasteiger partial charge < -0.3 is 4.74 Å². The Morgan fingerprint density at radius 1 is 1.30 bits per heavy atom. The molecule has 110 valence electrons. The summed E-state index contributed by atoms with van der Waals surface area (Å²) in [5, 5.41) is 0. The summed E-state index contributed by atoms with van der Waals surface area (Å²) in [5.41, 5.74) is 1.48. The van der Waals surface area contributed by atoms with Crippen molar-refractivity contribution in [2.45, 2.75) is 45.1 Å². The van der Waals surface area contributed by atoms with Gasteiger partial charge in [0.1, 0.15) is 5.75 Å². The molecule has 3 heteroatoms. The summed E-state index contributed by atoms with van der Waals surface area (Å²) in [6.45, 7) is 4.87. The third kappa shape index (κ3) is 2.35. The molecule has 0 bridgehead atoms. The zero-order valence-electron chi connectivity index (χ0n) is 13.0. The molecule has 1 heterocycles. The fourth-order valence-electron chi connectivity index (χ4n) is 3.23. The molecule has 0 amide bonds. The maximum atomic E-state index is 13.1. The largest absolute Gasteiger partial charge is 0.493 e. The quantitative estimate of drug-likeness (QED) is 0.772. The Bertz CT molecular complexity index is 490. The lowest BCUT2D eigenvalue weighted by atomic mass is 9.82. The third-order valence-electron chi connectivity index (χ3n) is 4.63. The number of ketones is 1. The van der Waals surface area contributed by atoms with Gasteiger partial charge in [-0.15, -0.1) is 0 Å². The molecular formula is C17H25NO2. The monoisotopic (exact) mass is 275 g/mol. The number of para-hydroxylation sites is 1. The summed E-state index contributed by atoms with van der Waals surface area (Å²) < 4.78 is 5.80. The molecule has 0 saturated heterocycles. The van der Waals surface area contributed by atoms with Crippen LogP contribution in [0.4, 0.5) is 0 Å². The molecule has 0 aliphatic carbocycles. The Labute approximate surface area is 121 Å². The Morgan fingerprint density at radius 3 is 2.60 bits per heavy atom. The molecule has 1 aromatic carbocycles. The van der Waals surface area contributed by atoms with E-state index in [1.807, 2.05) is 26.2 Å². The van der Waals surface area contributed by atoms with Crippen LogP contribution in [-0.4, -0.2) is 36.9 Å². The van der Waals surface area contributed by atoms with E-state index in [0.29, 0.717) is 6.61 Å². The molecular weight excluding hydrogens is 250 g/mol. The van der Waals surface area contributed by atoms with E-state index in [-0.39, 0.29) is 5.78 Å². The normalized spacial score (nSPS) is 14.8. The van der Waals surface area contributed by atoms with E-state index in [1.165, 1.54) is 5.56 Å². The third-order valence-corrected chi connectivity index (χ3v) is 4.63. The van der Waals surface area contributed by atoms with Gasteiger partial charge in [0.25, 0.3) is 0 Å². The van der Waals surface area contributed by atoms with Crippen LogP contribution in [-0.2, 0) is 6.42 Å². The molecule has 20 heavy (non-hydrogen) atoms. The van der Waals surface area contributed by atoms with Gasteiger partial charge in [0.15, 0.2) is 5.78 Å². The van der Waals surface area contributed by atoms with Crippen molar-refractivity contribution in [1.29, 1.82) is 0 Å². The van der Waals surface area contributed by atoms with E-state index in [2.05, 4.69) is 24.8 Å². The molecule has 0 atom stereocenters. The minimum absolute atomic E-state index is 0.186. The van der Waals surface area contributed by atoms with Gasteiger partial charge in [0, 0.05) is 0 Å². The van der Waals surface area contributed by atoms with E-state index in [4.69, 9.17) is 4.74 Å². The van der Waals surface area contributed by atoms with Gasteiger partial charge in [-0.1, -0.05) is 26.0 Å². The molecule has 1 aliphatic rings. The van der Waals surface area contributed by atoms with E-state index in [0.717, 1.165) is 37.0 Å². The average molecular weight is 275 g/mol. The molecule has 0 unspecified atom stereocenters. The number of Topliss-reactive ketones (excluding diaryl/α,β-unsaturated/α-hetero) is 1. The fraction of sp³-hybridized carbons (Fsp3) is 0.588. The Balaban J connectivity index is 2.47. The highest BCUT2D eigenvalue weighted by Crippen LogP contribution is 2.34. The summed E-state index contributed by atoms with van der Waals surface area (Å²) >= 11 is 0. The van der Waals surface area contributed by atoms with Gasteiger partial charge in [-0.3, -0.25) is 9.69 Å². The van der Waals surface area contributed by atoms with E-state index in [9.17, 15) is 4.79 Å². The van der Waals surface area contributed by atoms with Crippen molar-refractivity contribution in [3.05, 3.63) is 29.3 Å². The number of carbonyl (C=O) groups excluding carboxylic acids is 1. The topological polar surface area (TPSA) is 29.5 Å². The highest BCUT2D eigenvalue weighted by molar-refractivity contribution is 6.05. The molecule has 3 nitrogen and oxygen atoms in total. The van der Waals surface area contributed by atoms with Crippen molar-refractivity contribution in [1.82, 2.24) is 4.90 Å². The average Bonchev–Trinajstić information content (AvgIpc) is 2.48. The van der Waals surface area contributed by atoms with Crippen LogP contribution in [0.3, 0.4) is 0 Å². The molecule has 2 rings (SSSR count). The molecule has 0 radical (unpaired) electrons. The minimum Gasteiger partial charge on any atom is -0.493 e. The summed E-state index contributed by atoms with van der Waals surface area (Å²) in [6.07, 6.45) is 3.65. The van der Waals surface area contributed by atoms with E-state index in [1.54, 1.807) is 0 Å². The second-order valence-corrected chi connectivity index (χ2v) is 5.71. The van der Waals surface area contributed by atoms with Gasteiger partial charge in [0.2, 0.25) is 0 Å². The summed E-state index contributed by atoms with van der Waals surface area (Å²) in [5.74, 6) is 1.00. The van der Waals surface area contributed by atoms with Gasteiger partial charge in [-0.2, -0.15) is 0 Å².